The van der Waals surface area contributed by atoms with Crippen molar-refractivity contribution in [3.63, 3.8) is 0 Å². The van der Waals surface area contributed by atoms with Crippen LogP contribution in [0.5, 0.6) is 0 Å². The molecular weight excluding hydrogens is 273 g/mol. The SMILES string of the molecule is NC(=O)C1CC2(CNc3ccncc32)CN1C(F)(F)F. The van der Waals surface area contributed by atoms with Crippen molar-refractivity contribution >= 4 is 11.6 Å². The summed E-state index contributed by atoms with van der Waals surface area (Å²) < 4.78 is 39.2. The number of anilines is 1. The fourth-order valence-corrected chi connectivity index (χ4v) is 3.16. The van der Waals surface area contributed by atoms with Gasteiger partial charge in [-0.15, -0.1) is 0 Å². The standard InChI is InChI=1S/C12H13F3N4O/c13-12(14,15)19-6-11(3-9(19)10(16)20)5-18-8-1-2-17-4-7(8)11/h1-2,4,9,18H,3,5-6H2,(H2,16,20). The van der Waals surface area contributed by atoms with Gasteiger partial charge in [-0.25, -0.2) is 4.90 Å². The summed E-state index contributed by atoms with van der Waals surface area (Å²) in [5.74, 6) is -0.948. The molecule has 2 aliphatic rings. The average molecular weight is 286 g/mol. The predicted molar refractivity (Wildman–Crippen MR) is 64.8 cm³/mol. The van der Waals surface area contributed by atoms with Crippen molar-refractivity contribution < 1.29 is 18.0 Å². The largest absolute Gasteiger partial charge is 0.460 e. The summed E-state index contributed by atoms with van der Waals surface area (Å²) in [5, 5.41) is 3.08. The van der Waals surface area contributed by atoms with Crippen LogP contribution < -0.4 is 11.1 Å². The van der Waals surface area contributed by atoms with Crippen LogP contribution in [0.15, 0.2) is 18.5 Å². The van der Waals surface area contributed by atoms with Gasteiger partial charge >= 0.3 is 6.30 Å². The fraction of sp³-hybridized carbons (Fsp3) is 0.500. The Hall–Kier alpha value is -1.83. The Labute approximate surface area is 113 Å². The van der Waals surface area contributed by atoms with E-state index in [4.69, 9.17) is 5.73 Å². The first-order valence-corrected chi connectivity index (χ1v) is 6.15. The summed E-state index contributed by atoms with van der Waals surface area (Å²) in [6.07, 6.45) is -1.39. The van der Waals surface area contributed by atoms with Crippen LogP contribution in [-0.4, -0.2) is 41.2 Å². The molecule has 2 unspecified atom stereocenters. The molecule has 0 aliphatic carbocycles. The van der Waals surface area contributed by atoms with Gasteiger partial charge in [0, 0.05) is 42.1 Å². The molecular formula is C12H13F3N4O. The van der Waals surface area contributed by atoms with Crippen LogP contribution in [-0.2, 0) is 10.2 Å². The molecule has 0 bridgehead atoms. The molecule has 0 saturated carbocycles. The Morgan fingerprint density at radius 2 is 2.30 bits per heavy atom. The van der Waals surface area contributed by atoms with Crippen molar-refractivity contribution in [3.8, 4) is 0 Å². The van der Waals surface area contributed by atoms with Gasteiger partial charge in [0.15, 0.2) is 0 Å². The number of likely N-dealkylation sites (tertiary alicyclic amines) is 1. The lowest BCUT2D eigenvalue weighted by Crippen LogP contribution is -2.48. The van der Waals surface area contributed by atoms with E-state index in [2.05, 4.69) is 10.3 Å². The molecule has 5 nitrogen and oxygen atoms in total. The van der Waals surface area contributed by atoms with Gasteiger partial charge in [0.1, 0.15) is 0 Å². The number of nitrogens with two attached hydrogens (primary N) is 1. The maximum Gasteiger partial charge on any atom is 0.460 e. The first-order chi connectivity index (χ1) is 9.33. The van der Waals surface area contributed by atoms with Crippen LogP contribution >= 0.6 is 0 Å². The van der Waals surface area contributed by atoms with E-state index in [9.17, 15) is 18.0 Å². The smallest absolute Gasteiger partial charge is 0.384 e. The molecule has 3 heterocycles. The molecule has 3 rings (SSSR count). The molecule has 1 saturated heterocycles. The zero-order chi connectivity index (χ0) is 14.5. The van der Waals surface area contributed by atoms with Crippen molar-refractivity contribution in [3.05, 3.63) is 24.0 Å². The van der Waals surface area contributed by atoms with Gasteiger partial charge in [-0.2, -0.15) is 13.2 Å². The predicted octanol–water partition coefficient (Wildman–Crippen LogP) is 0.824. The third kappa shape index (κ3) is 1.82. The highest BCUT2D eigenvalue weighted by Gasteiger charge is 2.57. The van der Waals surface area contributed by atoms with Gasteiger partial charge in [-0.05, 0) is 12.5 Å². The summed E-state index contributed by atoms with van der Waals surface area (Å²) in [4.78, 5) is 15.6. The third-order valence-electron chi connectivity index (χ3n) is 4.10. The first kappa shape index (κ1) is 13.2. The lowest BCUT2D eigenvalue weighted by molar-refractivity contribution is -0.249. The van der Waals surface area contributed by atoms with Gasteiger partial charge in [-0.1, -0.05) is 0 Å². The van der Waals surface area contributed by atoms with E-state index in [1.165, 1.54) is 0 Å². The highest BCUT2D eigenvalue weighted by atomic mass is 19.4. The summed E-state index contributed by atoms with van der Waals surface area (Å²) in [6.45, 7) is 0.0696. The monoisotopic (exact) mass is 286 g/mol. The van der Waals surface area contributed by atoms with E-state index in [1.807, 2.05) is 0 Å². The van der Waals surface area contributed by atoms with Crippen molar-refractivity contribution in [1.29, 1.82) is 0 Å². The number of aromatic nitrogens is 1. The molecule has 0 aromatic carbocycles. The minimum absolute atomic E-state index is 0.0491. The molecule has 1 amide bonds. The van der Waals surface area contributed by atoms with E-state index in [-0.39, 0.29) is 17.9 Å². The minimum Gasteiger partial charge on any atom is -0.384 e. The number of nitrogens with zero attached hydrogens (tertiary/aromatic N) is 2. The summed E-state index contributed by atoms with van der Waals surface area (Å²) in [7, 11) is 0. The Bertz CT molecular complexity index is 562. The first-order valence-electron chi connectivity index (χ1n) is 6.15. The van der Waals surface area contributed by atoms with Gasteiger partial charge in [-0.3, -0.25) is 9.78 Å². The molecule has 0 radical (unpaired) electrons. The number of amides is 1. The molecule has 1 aromatic heterocycles. The Kier molecular flexibility index (Phi) is 2.69. The summed E-state index contributed by atoms with van der Waals surface area (Å²) in [6, 6.07) is 0.391. The Morgan fingerprint density at radius 1 is 1.55 bits per heavy atom. The number of carbonyl (C=O) groups is 1. The van der Waals surface area contributed by atoms with Crippen LogP contribution in [0.1, 0.15) is 12.0 Å². The van der Waals surface area contributed by atoms with E-state index in [1.54, 1.807) is 18.5 Å². The van der Waals surface area contributed by atoms with Crippen molar-refractivity contribution in [2.24, 2.45) is 5.73 Å². The topological polar surface area (TPSA) is 71.2 Å². The number of alkyl halides is 3. The number of pyridine rings is 1. The molecule has 1 spiro atoms. The van der Waals surface area contributed by atoms with E-state index >= 15 is 0 Å². The molecule has 1 fully saturated rings. The second-order valence-corrected chi connectivity index (χ2v) is 5.27. The van der Waals surface area contributed by atoms with Crippen molar-refractivity contribution in [2.75, 3.05) is 18.4 Å². The van der Waals surface area contributed by atoms with Crippen molar-refractivity contribution in [2.45, 2.75) is 24.2 Å². The third-order valence-corrected chi connectivity index (χ3v) is 4.10. The minimum atomic E-state index is -4.58. The quantitative estimate of drug-likeness (QED) is 0.750. The van der Waals surface area contributed by atoms with E-state index in [0.29, 0.717) is 6.54 Å². The number of rotatable bonds is 1. The van der Waals surface area contributed by atoms with Crippen LogP contribution in [0.25, 0.3) is 0 Å². The number of hydrogen-bond donors (Lipinski definition) is 2. The van der Waals surface area contributed by atoms with E-state index in [0.717, 1.165) is 11.3 Å². The van der Waals surface area contributed by atoms with Gasteiger partial charge < -0.3 is 11.1 Å². The molecule has 20 heavy (non-hydrogen) atoms. The van der Waals surface area contributed by atoms with Gasteiger partial charge in [0.05, 0.1) is 6.04 Å². The molecule has 8 heteroatoms. The average Bonchev–Trinajstić information content (AvgIpc) is 2.93. The fourth-order valence-electron chi connectivity index (χ4n) is 3.16. The maximum absolute atomic E-state index is 13.1. The molecule has 2 aliphatic heterocycles. The molecule has 108 valence electrons. The Morgan fingerprint density at radius 3 is 2.90 bits per heavy atom. The van der Waals surface area contributed by atoms with Crippen LogP contribution in [0.2, 0.25) is 0 Å². The van der Waals surface area contributed by atoms with E-state index < -0.39 is 23.7 Å². The number of carbonyl (C=O) groups excluding carboxylic acids is 1. The number of fused-ring (bicyclic) bond motifs is 2. The Balaban J connectivity index is 2.01. The lowest BCUT2D eigenvalue weighted by Gasteiger charge is -2.25. The van der Waals surface area contributed by atoms with Crippen LogP contribution in [0.3, 0.4) is 0 Å². The highest BCUT2D eigenvalue weighted by Crippen LogP contribution is 2.47. The van der Waals surface area contributed by atoms with Crippen molar-refractivity contribution in [1.82, 2.24) is 9.88 Å². The van der Waals surface area contributed by atoms with Gasteiger partial charge in [0.25, 0.3) is 0 Å². The number of nitrogens with one attached hydrogen (secondary N) is 1. The zero-order valence-electron chi connectivity index (χ0n) is 10.4. The maximum atomic E-state index is 13.1. The summed E-state index contributed by atoms with van der Waals surface area (Å²) in [5.41, 5.74) is 5.86. The highest BCUT2D eigenvalue weighted by molar-refractivity contribution is 5.81. The zero-order valence-corrected chi connectivity index (χ0v) is 10.4. The summed E-state index contributed by atoms with van der Waals surface area (Å²) >= 11 is 0. The molecule has 1 aromatic rings. The molecule has 3 N–H and O–H groups in total. The molecule has 2 atom stereocenters. The van der Waals surface area contributed by atoms with Crippen LogP contribution in [0.4, 0.5) is 18.9 Å². The van der Waals surface area contributed by atoms with Crippen LogP contribution in [0, 0.1) is 0 Å². The second-order valence-electron chi connectivity index (χ2n) is 5.27. The number of primary amides is 1. The lowest BCUT2D eigenvalue weighted by atomic mass is 9.81. The normalized spacial score (nSPS) is 29.4. The van der Waals surface area contributed by atoms with Gasteiger partial charge in [0.2, 0.25) is 5.91 Å². The number of halogens is 3. The second kappa shape index (κ2) is 4.08. The number of hydrogen-bond acceptors (Lipinski definition) is 4.